The Kier molecular flexibility index (Phi) is 1.91. The zero-order valence-corrected chi connectivity index (χ0v) is 5.52. The normalized spacial score (nSPS) is 16.0. The number of carbonyl (C=O) groups excluding carboxylic acids is 1. The second-order valence-electron chi connectivity index (χ2n) is 1.83. The van der Waals surface area contributed by atoms with Gasteiger partial charge in [0.25, 0.3) is 0 Å². The third kappa shape index (κ3) is 1.82. The minimum Gasteiger partial charge on any atom is -0.464 e. The maximum Gasteiger partial charge on any atom is 0.415 e. The maximum absolute atomic E-state index is 10.6. The monoisotopic (exact) mass is 154 g/mol. The number of hydrogen-bond acceptors (Lipinski definition) is 2. The lowest BCUT2D eigenvalue weighted by Crippen LogP contribution is -2.16. The first-order chi connectivity index (χ1) is 5.20. The lowest BCUT2D eigenvalue weighted by Gasteiger charge is -2.04. The highest BCUT2D eigenvalue weighted by Crippen LogP contribution is 1.95. The average Bonchev–Trinajstić information content (AvgIpc) is 2.13. The van der Waals surface area contributed by atoms with Gasteiger partial charge in [0.2, 0.25) is 5.91 Å². The van der Waals surface area contributed by atoms with Gasteiger partial charge in [-0.3, -0.25) is 9.69 Å². The first-order valence-electron chi connectivity index (χ1n) is 2.87. The number of rotatable bonds is 0. The molecule has 1 aliphatic heterocycles. The summed E-state index contributed by atoms with van der Waals surface area (Å²) in [5, 5.41) is 10.8. The van der Waals surface area contributed by atoms with E-state index in [2.05, 4.69) is 5.32 Å². The molecule has 0 fully saturated rings. The van der Waals surface area contributed by atoms with E-state index >= 15 is 0 Å². The van der Waals surface area contributed by atoms with E-state index in [4.69, 9.17) is 5.11 Å². The van der Waals surface area contributed by atoms with Crippen LogP contribution in [0.3, 0.4) is 0 Å². The van der Waals surface area contributed by atoms with Crippen molar-refractivity contribution in [3.8, 4) is 0 Å². The van der Waals surface area contributed by atoms with Crippen LogP contribution in [0.2, 0.25) is 0 Å². The molecule has 0 spiro atoms. The van der Waals surface area contributed by atoms with Gasteiger partial charge in [0.15, 0.2) is 0 Å². The van der Waals surface area contributed by atoms with Crippen LogP contribution in [0, 0.1) is 0 Å². The molecule has 5 heteroatoms. The van der Waals surface area contributed by atoms with Gasteiger partial charge in [-0.15, -0.1) is 0 Å². The zero-order chi connectivity index (χ0) is 8.27. The molecule has 0 atom stereocenters. The van der Waals surface area contributed by atoms with E-state index in [0.29, 0.717) is 0 Å². The standard InChI is InChI=1S/C6H6N2O3/c9-5-1-3-8(6(10)11)4-2-7-5/h1-4H,(H,7,9)(H,10,11). The Morgan fingerprint density at radius 3 is 2.91 bits per heavy atom. The predicted molar refractivity (Wildman–Crippen MR) is 36.3 cm³/mol. The van der Waals surface area contributed by atoms with Crippen LogP contribution in [0.25, 0.3) is 0 Å². The molecule has 1 aliphatic rings. The first-order valence-corrected chi connectivity index (χ1v) is 2.87. The number of carbonyl (C=O) groups is 2. The number of hydrogen-bond donors (Lipinski definition) is 2. The topological polar surface area (TPSA) is 69.6 Å². The maximum atomic E-state index is 10.6. The largest absolute Gasteiger partial charge is 0.464 e. The van der Waals surface area contributed by atoms with Crippen LogP contribution in [0.1, 0.15) is 0 Å². The summed E-state index contributed by atoms with van der Waals surface area (Å²) in [6.07, 6.45) is 3.67. The van der Waals surface area contributed by atoms with E-state index in [1.54, 1.807) is 0 Å². The van der Waals surface area contributed by atoms with Gasteiger partial charge in [0, 0.05) is 24.7 Å². The van der Waals surface area contributed by atoms with Crippen molar-refractivity contribution in [3.05, 3.63) is 24.7 Å². The highest BCUT2D eigenvalue weighted by molar-refractivity contribution is 5.89. The summed E-state index contributed by atoms with van der Waals surface area (Å²) in [4.78, 5) is 21.8. The number of carboxylic acid groups (broad SMARTS) is 1. The molecule has 2 N–H and O–H groups in total. The Morgan fingerprint density at radius 1 is 1.55 bits per heavy atom. The second-order valence-corrected chi connectivity index (χ2v) is 1.83. The van der Waals surface area contributed by atoms with E-state index in [1.165, 1.54) is 18.6 Å². The summed E-state index contributed by atoms with van der Waals surface area (Å²) in [7, 11) is 0. The fourth-order valence-electron chi connectivity index (χ4n) is 0.573. The smallest absolute Gasteiger partial charge is 0.415 e. The van der Waals surface area contributed by atoms with Crippen LogP contribution >= 0.6 is 0 Å². The Hall–Kier alpha value is -1.78. The average molecular weight is 154 g/mol. The zero-order valence-electron chi connectivity index (χ0n) is 5.52. The fourth-order valence-corrected chi connectivity index (χ4v) is 0.573. The Labute approximate surface area is 62.6 Å². The molecular weight excluding hydrogens is 148 g/mol. The Morgan fingerprint density at radius 2 is 2.27 bits per heavy atom. The predicted octanol–water partition coefficient (Wildman–Crippen LogP) is 0.0811. The molecule has 0 radical (unpaired) electrons. The molecule has 0 aromatic carbocycles. The molecule has 0 saturated carbocycles. The summed E-state index contributed by atoms with van der Waals surface area (Å²) in [6.45, 7) is 0. The van der Waals surface area contributed by atoms with Gasteiger partial charge in [-0.25, -0.2) is 4.79 Å². The third-order valence-electron chi connectivity index (χ3n) is 1.07. The Bertz CT molecular complexity index is 244. The van der Waals surface area contributed by atoms with Crippen LogP contribution in [0.5, 0.6) is 0 Å². The van der Waals surface area contributed by atoms with Gasteiger partial charge in [-0.2, -0.15) is 0 Å². The molecule has 1 rings (SSSR count). The number of nitrogens with one attached hydrogen (secondary N) is 1. The quantitative estimate of drug-likeness (QED) is 0.519. The van der Waals surface area contributed by atoms with Crippen LogP contribution in [0.15, 0.2) is 24.7 Å². The first kappa shape index (κ1) is 7.33. The molecule has 0 bridgehead atoms. The van der Waals surface area contributed by atoms with Crippen molar-refractivity contribution >= 4 is 12.0 Å². The molecule has 0 aliphatic carbocycles. The fraction of sp³-hybridized carbons (Fsp3) is 0. The van der Waals surface area contributed by atoms with Gasteiger partial charge in [0.05, 0.1) is 0 Å². The van der Waals surface area contributed by atoms with Crippen molar-refractivity contribution in [2.75, 3.05) is 0 Å². The lowest BCUT2D eigenvalue weighted by atomic mass is 10.5. The van der Waals surface area contributed by atoms with Crippen molar-refractivity contribution in [2.24, 2.45) is 0 Å². The molecule has 11 heavy (non-hydrogen) atoms. The molecule has 5 nitrogen and oxygen atoms in total. The Balaban J connectivity index is 2.77. The number of amides is 2. The van der Waals surface area contributed by atoms with Crippen molar-refractivity contribution in [1.29, 1.82) is 0 Å². The van der Waals surface area contributed by atoms with Crippen molar-refractivity contribution < 1.29 is 14.7 Å². The summed E-state index contributed by atoms with van der Waals surface area (Å²) in [6, 6.07) is 0. The van der Waals surface area contributed by atoms with Gasteiger partial charge in [-0.1, -0.05) is 0 Å². The second kappa shape index (κ2) is 2.87. The highest BCUT2D eigenvalue weighted by Gasteiger charge is 2.06. The molecular formula is C6H6N2O3. The number of nitrogens with zero attached hydrogens (tertiary/aromatic N) is 1. The van der Waals surface area contributed by atoms with Gasteiger partial charge in [0.1, 0.15) is 0 Å². The van der Waals surface area contributed by atoms with Gasteiger partial charge in [-0.05, 0) is 0 Å². The third-order valence-corrected chi connectivity index (χ3v) is 1.07. The van der Waals surface area contributed by atoms with E-state index in [0.717, 1.165) is 11.0 Å². The van der Waals surface area contributed by atoms with Crippen molar-refractivity contribution in [3.63, 3.8) is 0 Å². The van der Waals surface area contributed by atoms with Crippen LogP contribution in [-0.4, -0.2) is 22.0 Å². The van der Waals surface area contributed by atoms with Gasteiger partial charge >= 0.3 is 6.09 Å². The van der Waals surface area contributed by atoms with E-state index < -0.39 is 6.09 Å². The van der Waals surface area contributed by atoms with E-state index in [1.807, 2.05) is 0 Å². The van der Waals surface area contributed by atoms with Crippen LogP contribution in [0.4, 0.5) is 4.79 Å². The van der Waals surface area contributed by atoms with Crippen molar-refractivity contribution in [1.82, 2.24) is 10.2 Å². The summed E-state index contributed by atoms with van der Waals surface area (Å²) in [5.41, 5.74) is 0. The lowest BCUT2D eigenvalue weighted by molar-refractivity contribution is -0.115. The molecule has 58 valence electrons. The molecule has 0 aromatic rings. The van der Waals surface area contributed by atoms with Crippen LogP contribution in [-0.2, 0) is 4.79 Å². The molecule has 1 heterocycles. The molecule has 0 aromatic heterocycles. The summed E-state index contributed by atoms with van der Waals surface area (Å²) in [5.74, 6) is -0.343. The minimum atomic E-state index is -1.13. The minimum absolute atomic E-state index is 0.343. The van der Waals surface area contributed by atoms with E-state index in [-0.39, 0.29) is 5.91 Å². The van der Waals surface area contributed by atoms with Crippen LogP contribution < -0.4 is 5.32 Å². The highest BCUT2D eigenvalue weighted by atomic mass is 16.4. The molecule has 0 unspecified atom stereocenters. The summed E-state index contributed by atoms with van der Waals surface area (Å²) >= 11 is 0. The molecule has 0 saturated heterocycles. The SMILES string of the molecule is O=C1C=CN(C(=O)O)C=CN1. The molecule has 2 amide bonds. The summed E-state index contributed by atoms with van der Waals surface area (Å²) < 4.78 is 0. The van der Waals surface area contributed by atoms with E-state index in [9.17, 15) is 9.59 Å². The van der Waals surface area contributed by atoms with Gasteiger partial charge < -0.3 is 10.4 Å². The van der Waals surface area contributed by atoms with Crippen molar-refractivity contribution in [2.45, 2.75) is 0 Å².